The van der Waals surface area contributed by atoms with Gasteiger partial charge in [0, 0.05) is 19.2 Å². The van der Waals surface area contributed by atoms with Crippen LogP contribution in [0.4, 0.5) is 0 Å². The molecule has 1 rings (SSSR count). The summed E-state index contributed by atoms with van der Waals surface area (Å²) in [6.07, 6.45) is 0. The predicted molar refractivity (Wildman–Crippen MR) is 82.9 cm³/mol. The van der Waals surface area contributed by atoms with E-state index in [1.807, 2.05) is 6.92 Å². The number of benzene rings is 1. The van der Waals surface area contributed by atoms with E-state index in [1.165, 1.54) is 11.0 Å². The maximum Gasteiger partial charge on any atom is 0.260 e. The minimum absolute atomic E-state index is 0.0217. The van der Waals surface area contributed by atoms with Crippen molar-refractivity contribution in [1.29, 1.82) is 0 Å². The van der Waals surface area contributed by atoms with Crippen molar-refractivity contribution < 1.29 is 14.3 Å². The Hall–Kier alpha value is -1.46. The van der Waals surface area contributed by atoms with Gasteiger partial charge in [0.2, 0.25) is 5.91 Å². The minimum atomic E-state index is -0.269. The van der Waals surface area contributed by atoms with Gasteiger partial charge in [-0.25, -0.2) is 0 Å². The van der Waals surface area contributed by atoms with Crippen molar-refractivity contribution in [2.24, 2.45) is 0 Å². The summed E-state index contributed by atoms with van der Waals surface area (Å²) in [7, 11) is 0. The lowest BCUT2D eigenvalue weighted by molar-refractivity contribution is -0.137. The van der Waals surface area contributed by atoms with Crippen LogP contribution in [0.15, 0.2) is 18.2 Å². The molecular weight excluding hydrogens is 315 g/mol. The zero-order chi connectivity index (χ0) is 15.8. The highest BCUT2D eigenvalue weighted by molar-refractivity contribution is 6.42. The summed E-state index contributed by atoms with van der Waals surface area (Å²) in [4.78, 5) is 24.9. The maximum absolute atomic E-state index is 12.0. The highest BCUT2D eigenvalue weighted by Gasteiger charge is 2.15. The molecule has 0 atom stereocenters. The third kappa shape index (κ3) is 5.81. The van der Waals surface area contributed by atoms with Gasteiger partial charge < -0.3 is 15.0 Å². The molecule has 0 aliphatic carbocycles. The van der Waals surface area contributed by atoms with Crippen LogP contribution in [0.2, 0.25) is 10.0 Å². The van der Waals surface area contributed by atoms with E-state index in [2.05, 4.69) is 5.32 Å². The third-order valence-corrected chi connectivity index (χ3v) is 3.44. The third-order valence-electron chi connectivity index (χ3n) is 2.70. The van der Waals surface area contributed by atoms with Crippen molar-refractivity contribution in [1.82, 2.24) is 10.2 Å². The molecule has 1 N–H and O–H groups in total. The van der Waals surface area contributed by atoms with Crippen LogP contribution in [0, 0.1) is 0 Å². The van der Waals surface area contributed by atoms with Gasteiger partial charge in [-0.15, -0.1) is 0 Å². The lowest BCUT2D eigenvalue weighted by Gasteiger charge is -2.20. The van der Waals surface area contributed by atoms with Crippen LogP contribution in [0.3, 0.4) is 0 Å². The molecule has 0 heterocycles. The van der Waals surface area contributed by atoms with Crippen LogP contribution in [0.25, 0.3) is 0 Å². The Morgan fingerprint density at radius 3 is 2.52 bits per heavy atom. The predicted octanol–water partition coefficient (Wildman–Crippen LogP) is 2.36. The van der Waals surface area contributed by atoms with E-state index in [0.717, 1.165) is 0 Å². The molecule has 0 saturated carbocycles. The number of carbonyl (C=O) groups is 2. The lowest BCUT2D eigenvalue weighted by atomic mass is 10.3. The number of amides is 2. The first kappa shape index (κ1) is 17.6. The molecule has 0 saturated heterocycles. The van der Waals surface area contributed by atoms with Crippen molar-refractivity contribution in [2.75, 3.05) is 26.2 Å². The number of rotatable bonds is 7. The smallest absolute Gasteiger partial charge is 0.260 e. The molecule has 0 aliphatic rings. The molecule has 0 radical (unpaired) electrons. The highest BCUT2D eigenvalue weighted by Crippen LogP contribution is 2.26. The molecule has 2 amide bonds. The van der Waals surface area contributed by atoms with Crippen molar-refractivity contribution in [2.45, 2.75) is 13.8 Å². The Bertz CT molecular complexity index is 509. The molecule has 0 spiro atoms. The zero-order valence-corrected chi connectivity index (χ0v) is 13.5. The van der Waals surface area contributed by atoms with E-state index in [-0.39, 0.29) is 25.0 Å². The molecule has 0 aliphatic heterocycles. The Kier molecular flexibility index (Phi) is 7.32. The summed E-state index contributed by atoms with van der Waals surface area (Å²) < 4.78 is 5.36. The second kappa shape index (κ2) is 8.74. The van der Waals surface area contributed by atoms with Gasteiger partial charge >= 0.3 is 0 Å². The Morgan fingerprint density at radius 1 is 1.24 bits per heavy atom. The Labute approximate surface area is 134 Å². The number of hydrogen-bond donors (Lipinski definition) is 1. The Morgan fingerprint density at radius 2 is 1.95 bits per heavy atom. The molecule has 0 aromatic heterocycles. The fraction of sp³-hybridized carbons (Fsp3) is 0.429. The maximum atomic E-state index is 12.0. The average Bonchev–Trinajstić information content (AvgIpc) is 2.46. The molecule has 0 unspecified atom stereocenters. The fourth-order valence-corrected chi connectivity index (χ4v) is 1.89. The second-order valence-corrected chi connectivity index (χ2v) is 5.04. The Balaban J connectivity index is 2.54. The molecule has 7 heteroatoms. The van der Waals surface area contributed by atoms with Crippen LogP contribution >= 0.6 is 23.2 Å². The second-order valence-electron chi connectivity index (χ2n) is 4.23. The largest absolute Gasteiger partial charge is 0.484 e. The fourth-order valence-electron chi connectivity index (χ4n) is 1.61. The average molecular weight is 333 g/mol. The zero-order valence-electron chi connectivity index (χ0n) is 12.0. The SMILES string of the molecule is CCNC(=O)CN(CC)C(=O)COc1ccc(Cl)c(Cl)c1. The molecule has 5 nitrogen and oxygen atoms in total. The number of nitrogens with zero attached hydrogens (tertiary/aromatic N) is 1. The van der Waals surface area contributed by atoms with E-state index in [4.69, 9.17) is 27.9 Å². The standard InChI is InChI=1S/C14H18Cl2N2O3/c1-3-17-13(19)8-18(4-2)14(20)9-21-10-5-6-11(15)12(16)7-10/h5-7H,3-4,8-9H2,1-2H3,(H,17,19). The number of ether oxygens (including phenoxy) is 1. The van der Waals surface area contributed by atoms with Gasteiger partial charge in [-0.3, -0.25) is 9.59 Å². The van der Waals surface area contributed by atoms with E-state index < -0.39 is 0 Å². The molecule has 0 bridgehead atoms. The van der Waals surface area contributed by atoms with Gasteiger partial charge in [0.05, 0.1) is 16.6 Å². The van der Waals surface area contributed by atoms with Crippen LogP contribution in [-0.4, -0.2) is 43.0 Å². The number of hydrogen-bond acceptors (Lipinski definition) is 3. The summed E-state index contributed by atoms with van der Waals surface area (Å²) in [6, 6.07) is 4.76. The molecular formula is C14H18Cl2N2O3. The molecule has 1 aromatic rings. The van der Waals surface area contributed by atoms with Crippen LogP contribution in [0.1, 0.15) is 13.8 Å². The topological polar surface area (TPSA) is 58.6 Å². The first-order valence-electron chi connectivity index (χ1n) is 6.60. The quantitative estimate of drug-likeness (QED) is 0.833. The summed E-state index contributed by atoms with van der Waals surface area (Å²) >= 11 is 11.7. The molecule has 21 heavy (non-hydrogen) atoms. The summed E-state index contributed by atoms with van der Waals surface area (Å²) in [5.74, 6) is -0.0103. The van der Waals surface area contributed by atoms with Crippen molar-refractivity contribution >= 4 is 35.0 Å². The molecule has 0 fully saturated rings. The lowest BCUT2D eigenvalue weighted by Crippen LogP contribution is -2.42. The van der Waals surface area contributed by atoms with Gasteiger partial charge in [-0.05, 0) is 26.0 Å². The van der Waals surface area contributed by atoms with Gasteiger partial charge in [0.15, 0.2) is 6.61 Å². The number of carbonyl (C=O) groups excluding carboxylic acids is 2. The molecule has 1 aromatic carbocycles. The van der Waals surface area contributed by atoms with Gasteiger partial charge in [-0.2, -0.15) is 0 Å². The first-order valence-corrected chi connectivity index (χ1v) is 7.35. The van der Waals surface area contributed by atoms with Gasteiger partial charge in [0.25, 0.3) is 5.91 Å². The summed E-state index contributed by atoms with van der Waals surface area (Å²) in [5.41, 5.74) is 0. The number of nitrogens with one attached hydrogen (secondary N) is 1. The molecule has 116 valence electrons. The van der Waals surface area contributed by atoms with E-state index >= 15 is 0 Å². The van der Waals surface area contributed by atoms with Crippen molar-refractivity contribution in [3.8, 4) is 5.75 Å². The van der Waals surface area contributed by atoms with Crippen LogP contribution in [0.5, 0.6) is 5.75 Å². The van der Waals surface area contributed by atoms with Crippen LogP contribution < -0.4 is 10.1 Å². The minimum Gasteiger partial charge on any atom is -0.484 e. The van der Waals surface area contributed by atoms with Gasteiger partial charge in [0.1, 0.15) is 5.75 Å². The monoisotopic (exact) mass is 332 g/mol. The van der Waals surface area contributed by atoms with Crippen molar-refractivity contribution in [3.63, 3.8) is 0 Å². The number of likely N-dealkylation sites (N-methyl/N-ethyl adjacent to an activating group) is 2. The van der Waals surface area contributed by atoms with E-state index in [0.29, 0.717) is 28.9 Å². The normalized spacial score (nSPS) is 10.1. The summed E-state index contributed by atoms with van der Waals surface area (Å²) in [6.45, 7) is 4.45. The van der Waals surface area contributed by atoms with Crippen LogP contribution in [-0.2, 0) is 9.59 Å². The van der Waals surface area contributed by atoms with Crippen molar-refractivity contribution in [3.05, 3.63) is 28.2 Å². The van der Waals surface area contributed by atoms with E-state index in [9.17, 15) is 9.59 Å². The first-order chi connectivity index (χ1) is 9.97. The van der Waals surface area contributed by atoms with Gasteiger partial charge in [-0.1, -0.05) is 23.2 Å². The summed E-state index contributed by atoms with van der Waals surface area (Å²) in [5, 5.41) is 3.42. The number of halogens is 2. The van der Waals surface area contributed by atoms with E-state index in [1.54, 1.807) is 19.1 Å². The highest BCUT2D eigenvalue weighted by atomic mass is 35.5.